The smallest absolute Gasteiger partial charge is 0.246 e. The second-order valence-corrected chi connectivity index (χ2v) is 9.34. The molecule has 0 radical (unpaired) electrons. The predicted molar refractivity (Wildman–Crippen MR) is 157 cm³/mol. The molecule has 3 N–H and O–H groups in total. The summed E-state index contributed by atoms with van der Waals surface area (Å²) in [7, 11) is 5.47. The molecule has 0 aliphatic carbocycles. The number of aromatic nitrogens is 1. The molecule has 206 valence electrons. The van der Waals surface area contributed by atoms with Crippen LogP contribution in [-0.2, 0) is 9.59 Å². The Labute approximate surface area is 232 Å². The molecule has 0 bridgehead atoms. The van der Waals surface area contributed by atoms with E-state index in [2.05, 4.69) is 45.8 Å². The van der Waals surface area contributed by atoms with Crippen molar-refractivity contribution >= 4 is 29.0 Å². The van der Waals surface area contributed by atoms with E-state index in [-0.39, 0.29) is 11.8 Å². The van der Waals surface area contributed by atoms with Crippen molar-refractivity contribution in [2.45, 2.75) is 39.2 Å². The highest BCUT2D eigenvalue weighted by Crippen LogP contribution is 2.21. The van der Waals surface area contributed by atoms with Crippen molar-refractivity contribution in [3.8, 4) is 17.9 Å². The highest BCUT2D eigenvalue weighted by molar-refractivity contribution is 5.92. The molecule has 0 spiro atoms. The van der Waals surface area contributed by atoms with Gasteiger partial charge in [0.25, 0.3) is 0 Å². The fourth-order valence-corrected chi connectivity index (χ4v) is 3.35. The van der Waals surface area contributed by atoms with E-state index in [4.69, 9.17) is 5.26 Å². The molecule has 1 heterocycles. The van der Waals surface area contributed by atoms with Gasteiger partial charge in [-0.05, 0) is 58.1 Å². The number of carbonyl (C=O) groups is 2. The lowest BCUT2D eigenvalue weighted by atomic mass is 10.2. The van der Waals surface area contributed by atoms with Crippen molar-refractivity contribution in [3.05, 3.63) is 59.8 Å². The average Bonchev–Trinajstić information content (AvgIpc) is 2.93. The standard InChI is InChI=1S/C30H39N7O2/c1-6-17-32-27-20-28(35-26-15-13-24(21-31)14-16-26)34-22-25(27)11-8-7-9-18-33-30(39)23(2)37(5)29(38)12-10-19-36(3)4/h10,12-16,20,22-23H,6-7,9,17-19H2,1-5H3,(H,33,39)(H2,32,34,35)/b12-10+/t23-/m0/s1. The Morgan fingerprint density at radius 2 is 1.90 bits per heavy atom. The Morgan fingerprint density at radius 3 is 2.56 bits per heavy atom. The summed E-state index contributed by atoms with van der Waals surface area (Å²) in [5.74, 6) is 6.63. The van der Waals surface area contributed by atoms with Gasteiger partial charge in [-0.25, -0.2) is 4.98 Å². The van der Waals surface area contributed by atoms with Gasteiger partial charge in [-0.3, -0.25) is 9.59 Å². The van der Waals surface area contributed by atoms with E-state index in [1.165, 1.54) is 11.0 Å². The average molecular weight is 530 g/mol. The van der Waals surface area contributed by atoms with Gasteiger partial charge in [-0.15, -0.1) is 0 Å². The minimum Gasteiger partial charge on any atom is -0.384 e. The number of amides is 2. The third kappa shape index (κ3) is 10.9. The summed E-state index contributed by atoms with van der Waals surface area (Å²) in [6.07, 6.45) is 7.28. The van der Waals surface area contributed by atoms with Crippen LogP contribution in [0.4, 0.5) is 17.2 Å². The van der Waals surface area contributed by atoms with E-state index >= 15 is 0 Å². The van der Waals surface area contributed by atoms with Gasteiger partial charge in [0.1, 0.15) is 11.9 Å². The van der Waals surface area contributed by atoms with E-state index in [0.29, 0.717) is 37.3 Å². The second kappa shape index (κ2) is 16.5. The van der Waals surface area contributed by atoms with Crippen LogP contribution in [0.15, 0.2) is 48.7 Å². The molecule has 2 aromatic rings. The predicted octanol–water partition coefficient (Wildman–Crippen LogP) is 3.73. The Hall–Kier alpha value is -4.34. The van der Waals surface area contributed by atoms with Crippen molar-refractivity contribution < 1.29 is 9.59 Å². The molecule has 0 unspecified atom stereocenters. The van der Waals surface area contributed by atoms with Crippen molar-refractivity contribution in [2.75, 3.05) is 51.4 Å². The van der Waals surface area contributed by atoms with Crippen LogP contribution >= 0.6 is 0 Å². The number of nitriles is 1. The van der Waals surface area contributed by atoms with Crippen LogP contribution < -0.4 is 16.0 Å². The first-order valence-electron chi connectivity index (χ1n) is 13.1. The Kier molecular flexibility index (Phi) is 13.1. The summed E-state index contributed by atoms with van der Waals surface area (Å²) in [6.45, 7) is 5.75. The highest BCUT2D eigenvalue weighted by atomic mass is 16.2. The Balaban J connectivity index is 1.88. The molecule has 1 atom stereocenters. The van der Waals surface area contributed by atoms with Crippen LogP contribution in [0.2, 0.25) is 0 Å². The number of carbonyl (C=O) groups excluding carboxylic acids is 2. The molecule has 0 saturated heterocycles. The molecule has 2 rings (SSSR count). The van der Waals surface area contributed by atoms with Gasteiger partial charge >= 0.3 is 0 Å². The number of unbranched alkanes of at least 4 members (excludes halogenated alkanes) is 1. The van der Waals surface area contributed by atoms with Crippen LogP contribution in [0.1, 0.15) is 44.2 Å². The lowest BCUT2D eigenvalue weighted by Gasteiger charge is -2.23. The number of nitrogens with zero attached hydrogens (tertiary/aromatic N) is 4. The SMILES string of the molecule is CCCNc1cc(Nc2ccc(C#N)cc2)ncc1C#CCCCNC(=O)[C@H](C)N(C)C(=O)/C=C/CN(C)C. The molecule has 0 saturated carbocycles. The number of hydrogen-bond donors (Lipinski definition) is 3. The quantitative estimate of drug-likeness (QED) is 0.206. The monoisotopic (exact) mass is 529 g/mol. The molecule has 0 fully saturated rings. The Morgan fingerprint density at radius 1 is 1.15 bits per heavy atom. The fraction of sp³-hybridized carbons (Fsp3) is 0.400. The van der Waals surface area contributed by atoms with Gasteiger partial charge in [-0.1, -0.05) is 24.8 Å². The lowest BCUT2D eigenvalue weighted by Crippen LogP contribution is -2.45. The summed E-state index contributed by atoms with van der Waals surface area (Å²) in [5.41, 5.74) is 3.14. The molecule has 9 nitrogen and oxygen atoms in total. The zero-order chi connectivity index (χ0) is 28.6. The minimum absolute atomic E-state index is 0.194. The highest BCUT2D eigenvalue weighted by Gasteiger charge is 2.20. The molecule has 0 aliphatic rings. The fourth-order valence-electron chi connectivity index (χ4n) is 3.35. The van der Waals surface area contributed by atoms with Crippen LogP contribution in [0.5, 0.6) is 0 Å². The van der Waals surface area contributed by atoms with Crippen molar-refractivity contribution in [1.29, 1.82) is 5.26 Å². The Bertz CT molecular complexity index is 1220. The van der Waals surface area contributed by atoms with E-state index in [1.54, 1.807) is 38.4 Å². The zero-order valence-corrected chi connectivity index (χ0v) is 23.5. The maximum absolute atomic E-state index is 12.5. The van der Waals surface area contributed by atoms with Crippen LogP contribution in [0, 0.1) is 23.2 Å². The maximum atomic E-state index is 12.5. The molecular formula is C30H39N7O2. The number of benzene rings is 1. The van der Waals surface area contributed by atoms with Crippen LogP contribution in [0.25, 0.3) is 0 Å². The molecule has 0 aliphatic heterocycles. The third-order valence-corrected chi connectivity index (χ3v) is 5.80. The third-order valence-electron chi connectivity index (χ3n) is 5.80. The minimum atomic E-state index is -0.567. The van der Waals surface area contributed by atoms with E-state index in [0.717, 1.165) is 29.9 Å². The number of likely N-dealkylation sites (N-methyl/N-ethyl adjacent to an activating group) is 2. The van der Waals surface area contributed by atoms with Gasteiger partial charge < -0.3 is 25.8 Å². The summed E-state index contributed by atoms with van der Waals surface area (Å²) < 4.78 is 0. The molecule has 9 heteroatoms. The zero-order valence-electron chi connectivity index (χ0n) is 23.5. The van der Waals surface area contributed by atoms with Gasteiger partial charge in [0, 0.05) is 57.1 Å². The lowest BCUT2D eigenvalue weighted by molar-refractivity contribution is -0.135. The number of hydrogen-bond acceptors (Lipinski definition) is 7. The summed E-state index contributed by atoms with van der Waals surface area (Å²) in [4.78, 5) is 32.6. The first kappa shape index (κ1) is 30.9. The number of anilines is 3. The maximum Gasteiger partial charge on any atom is 0.246 e. The molecular weight excluding hydrogens is 490 g/mol. The first-order chi connectivity index (χ1) is 18.7. The van der Waals surface area contributed by atoms with Gasteiger partial charge in [0.05, 0.1) is 22.9 Å². The summed E-state index contributed by atoms with van der Waals surface area (Å²) in [6, 6.07) is 10.7. The van der Waals surface area contributed by atoms with E-state index < -0.39 is 6.04 Å². The van der Waals surface area contributed by atoms with Crippen molar-refractivity contribution in [1.82, 2.24) is 20.1 Å². The number of pyridine rings is 1. The van der Waals surface area contributed by atoms with E-state index in [1.807, 2.05) is 37.2 Å². The van der Waals surface area contributed by atoms with Gasteiger partial charge in [0.2, 0.25) is 11.8 Å². The van der Waals surface area contributed by atoms with Gasteiger partial charge in [0.15, 0.2) is 0 Å². The number of nitrogens with one attached hydrogen (secondary N) is 3. The number of rotatable bonds is 13. The van der Waals surface area contributed by atoms with Crippen LogP contribution in [0.3, 0.4) is 0 Å². The van der Waals surface area contributed by atoms with Crippen molar-refractivity contribution in [3.63, 3.8) is 0 Å². The molecule has 1 aromatic heterocycles. The first-order valence-corrected chi connectivity index (χ1v) is 13.1. The summed E-state index contributed by atoms with van der Waals surface area (Å²) in [5, 5.41) is 18.5. The largest absolute Gasteiger partial charge is 0.384 e. The molecule has 39 heavy (non-hydrogen) atoms. The van der Waals surface area contributed by atoms with Gasteiger partial charge in [-0.2, -0.15) is 5.26 Å². The second-order valence-electron chi connectivity index (χ2n) is 9.34. The summed E-state index contributed by atoms with van der Waals surface area (Å²) >= 11 is 0. The van der Waals surface area contributed by atoms with Crippen molar-refractivity contribution in [2.24, 2.45) is 0 Å². The molecule has 2 amide bonds. The normalized spacial score (nSPS) is 11.3. The van der Waals surface area contributed by atoms with E-state index in [9.17, 15) is 9.59 Å². The topological polar surface area (TPSA) is 113 Å². The molecule has 1 aromatic carbocycles. The van der Waals surface area contributed by atoms with Crippen LogP contribution in [-0.4, -0.2) is 73.4 Å².